The number of ether oxygens (including phenoxy) is 1. The Hall–Kier alpha value is -2.58. The second-order valence-electron chi connectivity index (χ2n) is 9.43. The first-order chi connectivity index (χ1) is 14.0. The molecule has 5 nitrogen and oxygen atoms in total. The maximum atomic E-state index is 12.8. The number of hydrogen-bond donors (Lipinski definition) is 1. The second-order valence-corrected chi connectivity index (χ2v) is 9.83. The van der Waals surface area contributed by atoms with Gasteiger partial charge in [0.25, 0.3) is 5.91 Å². The summed E-state index contributed by atoms with van der Waals surface area (Å²) in [5.74, 6) is 0.799. The van der Waals surface area contributed by atoms with E-state index in [1.165, 1.54) is 0 Å². The lowest BCUT2D eigenvalue weighted by Gasteiger charge is -2.63. The molecule has 2 aromatic rings. The molecule has 1 aromatic carbocycles. The minimum Gasteiger partial charge on any atom is -0.489 e. The van der Waals surface area contributed by atoms with Crippen LogP contribution in [0, 0.1) is 22.2 Å². The van der Waals surface area contributed by atoms with Crippen molar-refractivity contribution < 1.29 is 9.53 Å². The molecule has 6 heteroatoms. The van der Waals surface area contributed by atoms with Crippen LogP contribution in [0.3, 0.4) is 0 Å². The molecule has 0 spiro atoms. The average Bonchev–Trinajstić information content (AvgIpc) is 2.69. The molecule has 0 atom stereocenters. The van der Waals surface area contributed by atoms with E-state index in [-0.39, 0.29) is 28.9 Å². The van der Waals surface area contributed by atoms with Gasteiger partial charge in [0.05, 0.1) is 16.1 Å². The van der Waals surface area contributed by atoms with E-state index in [1.54, 1.807) is 24.4 Å². The molecule has 158 valence electrons. The van der Waals surface area contributed by atoms with Gasteiger partial charge in [0, 0.05) is 34.8 Å². The number of carbonyl (C=O) groups excluding carboxylic acids is 1. The molecule has 1 N–H and O–H groups in total. The summed E-state index contributed by atoms with van der Waals surface area (Å²) in [5, 5.41) is 12.6. The number of carbonyl (C=O) groups is 1. The molecule has 1 heterocycles. The maximum Gasteiger partial charge on any atom is 0.253 e. The molecule has 3 rings (SSSR count). The minimum absolute atomic E-state index is 0.0823. The van der Waals surface area contributed by atoms with Crippen molar-refractivity contribution in [1.29, 1.82) is 5.26 Å². The Bertz CT molecular complexity index is 975. The number of aromatic nitrogens is 1. The van der Waals surface area contributed by atoms with Gasteiger partial charge in [0.1, 0.15) is 17.9 Å². The van der Waals surface area contributed by atoms with E-state index in [0.29, 0.717) is 27.8 Å². The highest BCUT2D eigenvalue weighted by Crippen LogP contribution is 2.55. The molecule has 1 fully saturated rings. The third-order valence-electron chi connectivity index (χ3n) is 6.07. The number of rotatable bonds is 5. The number of amides is 1. The summed E-state index contributed by atoms with van der Waals surface area (Å²) in [6, 6.07) is 10.8. The van der Waals surface area contributed by atoms with Gasteiger partial charge in [-0.25, -0.2) is 0 Å². The van der Waals surface area contributed by atoms with E-state index in [2.05, 4.69) is 51.8 Å². The molecule has 0 radical (unpaired) electrons. The molecule has 0 aliphatic heterocycles. The number of benzene rings is 1. The van der Waals surface area contributed by atoms with Crippen LogP contribution in [-0.2, 0) is 0 Å². The van der Waals surface area contributed by atoms with Crippen molar-refractivity contribution in [2.75, 3.05) is 0 Å². The standard InChI is InChI=1S/C24H28ClN3O2/c1-14(2)19-10-8-16(13-27-19)20(29)28-21-23(3,4)22(24(21,5)6)30-17-9-7-15(12-26)18(25)11-17/h7-11,13-14,21-22H,1-6H3,(H,28,29)/t21-,22-. The van der Waals surface area contributed by atoms with Crippen LogP contribution in [0.15, 0.2) is 36.5 Å². The van der Waals surface area contributed by atoms with Gasteiger partial charge in [-0.15, -0.1) is 0 Å². The summed E-state index contributed by atoms with van der Waals surface area (Å²) in [7, 11) is 0. The zero-order valence-corrected chi connectivity index (χ0v) is 19.0. The first-order valence-corrected chi connectivity index (χ1v) is 10.5. The van der Waals surface area contributed by atoms with Crippen molar-refractivity contribution in [3.63, 3.8) is 0 Å². The van der Waals surface area contributed by atoms with Gasteiger partial charge in [-0.1, -0.05) is 53.1 Å². The van der Waals surface area contributed by atoms with Crippen molar-refractivity contribution >= 4 is 17.5 Å². The number of halogens is 1. The minimum atomic E-state index is -0.301. The SMILES string of the molecule is CC(C)c1ccc(C(=O)N[C@H]2C(C)(C)[C@H](Oc3ccc(C#N)c(Cl)c3)C2(C)C)cn1. The molecule has 1 saturated carbocycles. The molecule has 1 aliphatic carbocycles. The molecular weight excluding hydrogens is 398 g/mol. The van der Waals surface area contributed by atoms with E-state index in [9.17, 15) is 4.79 Å². The molecule has 0 saturated heterocycles. The zero-order chi connectivity index (χ0) is 22.3. The summed E-state index contributed by atoms with van der Waals surface area (Å²) in [4.78, 5) is 17.2. The van der Waals surface area contributed by atoms with Gasteiger partial charge in [-0.2, -0.15) is 5.26 Å². The van der Waals surface area contributed by atoms with Gasteiger partial charge >= 0.3 is 0 Å². The van der Waals surface area contributed by atoms with Gasteiger partial charge < -0.3 is 10.1 Å². The predicted molar refractivity (Wildman–Crippen MR) is 118 cm³/mol. The smallest absolute Gasteiger partial charge is 0.253 e. The topological polar surface area (TPSA) is 75.0 Å². The fourth-order valence-corrected chi connectivity index (χ4v) is 4.90. The summed E-state index contributed by atoms with van der Waals surface area (Å²) < 4.78 is 6.26. The number of nitriles is 1. The maximum absolute atomic E-state index is 12.8. The summed E-state index contributed by atoms with van der Waals surface area (Å²) in [6.45, 7) is 12.5. The molecule has 1 aliphatic rings. The van der Waals surface area contributed by atoms with Crippen LogP contribution in [-0.4, -0.2) is 23.0 Å². The van der Waals surface area contributed by atoms with E-state index >= 15 is 0 Å². The molecule has 1 aromatic heterocycles. The highest BCUT2D eigenvalue weighted by Gasteiger charge is 2.64. The van der Waals surface area contributed by atoms with E-state index in [1.807, 2.05) is 18.2 Å². The van der Waals surface area contributed by atoms with E-state index < -0.39 is 0 Å². The third-order valence-corrected chi connectivity index (χ3v) is 6.38. The van der Waals surface area contributed by atoms with Crippen LogP contribution in [0.2, 0.25) is 5.02 Å². The normalized spacial score (nSPS) is 21.4. The molecular formula is C24H28ClN3O2. The third kappa shape index (κ3) is 3.89. The van der Waals surface area contributed by atoms with Gasteiger partial charge in [-0.05, 0) is 30.2 Å². The van der Waals surface area contributed by atoms with E-state index in [4.69, 9.17) is 21.6 Å². The summed E-state index contributed by atoms with van der Waals surface area (Å²) in [6.07, 6.45) is 1.50. The number of pyridine rings is 1. The Labute approximate surface area is 183 Å². The number of nitrogens with one attached hydrogen (secondary N) is 1. The highest BCUT2D eigenvalue weighted by atomic mass is 35.5. The fourth-order valence-electron chi connectivity index (χ4n) is 4.69. The molecule has 0 unspecified atom stereocenters. The van der Waals surface area contributed by atoms with Crippen molar-refractivity contribution in [2.24, 2.45) is 10.8 Å². The zero-order valence-electron chi connectivity index (χ0n) is 18.3. The summed E-state index contributed by atoms with van der Waals surface area (Å²) in [5.41, 5.74) is 1.33. The first-order valence-electron chi connectivity index (χ1n) is 10.1. The Morgan fingerprint density at radius 2 is 1.87 bits per heavy atom. The van der Waals surface area contributed by atoms with Crippen molar-refractivity contribution in [2.45, 2.75) is 59.6 Å². The van der Waals surface area contributed by atoms with Crippen molar-refractivity contribution in [1.82, 2.24) is 10.3 Å². The lowest BCUT2D eigenvalue weighted by atomic mass is 9.49. The largest absolute Gasteiger partial charge is 0.489 e. The molecule has 1 amide bonds. The first kappa shape index (κ1) is 22.1. The predicted octanol–water partition coefficient (Wildman–Crippen LogP) is 5.34. The Kier molecular flexibility index (Phi) is 5.84. The van der Waals surface area contributed by atoms with Crippen LogP contribution in [0.1, 0.15) is 69.1 Å². The van der Waals surface area contributed by atoms with Gasteiger partial charge in [0.2, 0.25) is 0 Å². The average molecular weight is 426 g/mol. The van der Waals surface area contributed by atoms with Gasteiger partial charge in [0.15, 0.2) is 0 Å². The lowest BCUT2D eigenvalue weighted by Crippen LogP contribution is -2.74. The lowest BCUT2D eigenvalue weighted by molar-refractivity contribution is -0.164. The second kappa shape index (κ2) is 7.92. The van der Waals surface area contributed by atoms with Gasteiger partial charge in [-0.3, -0.25) is 9.78 Å². The molecule has 0 bridgehead atoms. The quantitative estimate of drug-likeness (QED) is 0.701. The Morgan fingerprint density at radius 3 is 2.37 bits per heavy atom. The van der Waals surface area contributed by atoms with Crippen LogP contribution >= 0.6 is 11.6 Å². The van der Waals surface area contributed by atoms with Crippen molar-refractivity contribution in [3.8, 4) is 11.8 Å². The van der Waals surface area contributed by atoms with E-state index in [0.717, 1.165) is 5.69 Å². The fraction of sp³-hybridized carbons (Fsp3) is 0.458. The van der Waals surface area contributed by atoms with Crippen LogP contribution < -0.4 is 10.1 Å². The summed E-state index contributed by atoms with van der Waals surface area (Å²) >= 11 is 6.15. The Morgan fingerprint density at radius 1 is 1.20 bits per heavy atom. The highest BCUT2D eigenvalue weighted by molar-refractivity contribution is 6.31. The van der Waals surface area contributed by atoms with Crippen molar-refractivity contribution in [3.05, 3.63) is 58.4 Å². The van der Waals surface area contributed by atoms with Crippen LogP contribution in [0.25, 0.3) is 0 Å². The molecule has 30 heavy (non-hydrogen) atoms. The Balaban J connectivity index is 1.74. The number of hydrogen-bond acceptors (Lipinski definition) is 4. The van der Waals surface area contributed by atoms with Crippen LogP contribution in [0.4, 0.5) is 0 Å². The monoisotopic (exact) mass is 425 g/mol. The number of nitrogens with zero attached hydrogens (tertiary/aromatic N) is 2. The van der Waals surface area contributed by atoms with Crippen LogP contribution in [0.5, 0.6) is 5.75 Å².